The molecule has 1 unspecified atom stereocenters. The molecule has 0 bridgehead atoms. The summed E-state index contributed by atoms with van der Waals surface area (Å²) in [5, 5.41) is 2.87. The zero-order chi connectivity index (χ0) is 15.2. The third-order valence-electron chi connectivity index (χ3n) is 4.38. The summed E-state index contributed by atoms with van der Waals surface area (Å²) in [6.07, 6.45) is 2.08. The fraction of sp³-hybridized carbons (Fsp3) is 0.529. The molecule has 1 saturated heterocycles. The van der Waals surface area contributed by atoms with Crippen LogP contribution in [0.2, 0.25) is 0 Å². The van der Waals surface area contributed by atoms with E-state index in [1.807, 2.05) is 31.2 Å². The number of benzene rings is 1. The Balaban J connectivity index is 1.88. The van der Waals surface area contributed by atoms with Crippen molar-refractivity contribution in [2.75, 3.05) is 0 Å². The van der Waals surface area contributed by atoms with Gasteiger partial charge in [0.15, 0.2) is 0 Å². The van der Waals surface area contributed by atoms with Crippen LogP contribution in [0.15, 0.2) is 24.3 Å². The van der Waals surface area contributed by atoms with Crippen LogP contribution in [0.5, 0.6) is 0 Å². The number of hydrogen-bond acceptors (Lipinski definition) is 2. The van der Waals surface area contributed by atoms with Crippen molar-refractivity contribution in [3.05, 3.63) is 35.4 Å². The first-order chi connectivity index (χ1) is 9.88. The van der Waals surface area contributed by atoms with Gasteiger partial charge in [0.05, 0.1) is 0 Å². The Kier molecular flexibility index (Phi) is 3.27. The molecular weight excluding hydrogens is 264 g/mol. The van der Waals surface area contributed by atoms with Crippen LogP contribution < -0.4 is 5.32 Å². The second-order valence-corrected chi connectivity index (χ2v) is 6.82. The van der Waals surface area contributed by atoms with E-state index >= 15 is 0 Å². The van der Waals surface area contributed by atoms with Crippen molar-refractivity contribution >= 4 is 11.8 Å². The topological polar surface area (TPSA) is 49.4 Å². The quantitative estimate of drug-likeness (QED) is 0.924. The van der Waals surface area contributed by atoms with Crippen molar-refractivity contribution in [1.82, 2.24) is 10.2 Å². The maximum Gasteiger partial charge on any atom is 0.248 e. The minimum atomic E-state index is -0.812. The second-order valence-electron chi connectivity index (χ2n) is 6.82. The largest absolute Gasteiger partial charge is 0.340 e. The van der Waals surface area contributed by atoms with E-state index in [4.69, 9.17) is 0 Å². The summed E-state index contributed by atoms with van der Waals surface area (Å²) >= 11 is 0. The highest BCUT2D eigenvalue weighted by molar-refractivity contribution is 5.99. The number of rotatable bonds is 3. The van der Waals surface area contributed by atoms with Crippen LogP contribution in [0, 0.1) is 12.8 Å². The van der Waals surface area contributed by atoms with E-state index in [9.17, 15) is 9.59 Å². The molecule has 0 aromatic heterocycles. The SMILES string of the molecule is Cc1ccc(CN2C(=O)C(C)(C)NC(=O)C2C2CC2)cc1. The molecule has 1 aromatic rings. The maximum absolute atomic E-state index is 12.7. The van der Waals surface area contributed by atoms with Gasteiger partial charge in [-0.2, -0.15) is 0 Å². The second kappa shape index (κ2) is 4.86. The molecule has 1 aliphatic heterocycles. The minimum Gasteiger partial charge on any atom is -0.340 e. The Morgan fingerprint density at radius 3 is 2.38 bits per heavy atom. The predicted molar refractivity (Wildman–Crippen MR) is 80.5 cm³/mol. The van der Waals surface area contributed by atoms with Gasteiger partial charge in [-0.25, -0.2) is 0 Å². The molecular formula is C17H22N2O2. The van der Waals surface area contributed by atoms with Gasteiger partial charge in [0.2, 0.25) is 11.8 Å². The molecule has 1 atom stereocenters. The molecule has 1 aliphatic carbocycles. The summed E-state index contributed by atoms with van der Waals surface area (Å²) in [4.78, 5) is 26.9. The summed E-state index contributed by atoms with van der Waals surface area (Å²) in [7, 11) is 0. The van der Waals surface area contributed by atoms with E-state index in [0.717, 1.165) is 18.4 Å². The highest BCUT2D eigenvalue weighted by atomic mass is 16.2. The van der Waals surface area contributed by atoms with Crippen LogP contribution in [0.4, 0.5) is 0 Å². The number of hydrogen-bond donors (Lipinski definition) is 1. The number of nitrogens with one attached hydrogen (secondary N) is 1. The number of carbonyl (C=O) groups excluding carboxylic acids is 2. The summed E-state index contributed by atoms with van der Waals surface area (Å²) in [6, 6.07) is 7.85. The minimum absolute atomic E-state index is 0.00536. The smallest absolute Gasteiger partial charge is 0.248 e. The van der Waals surface area contributed by atoms with Crippen LogP contribution in [-0.4, -0.2) is 28.3 Å². The van der Waals surface area contributed by atoms with E-state index in [2.05, 4.69) is 5.32 Å². The molecule has 2 amide bonds. The van der Waals surface area contributed by atoms with Crippen LogP contribution >= 0.6 is 0 Å². The molecule has 1 N–H and O–H groups in total. The Morgan fingerprint density at radius 2 is 1.81 bits per heavy atom. The zero-order valence-electron chi connectivity index (χ0n) is 12.8. The molecule has 1 aromatic carbocycles. The summed E-state index contributed by atoms with van der Waals surface area (Å²) in [5.74, 6) is 0.337. The molecule has 21 heavy (non-hydrogen) atoms. The fourth-order valence-corrected chi connectivity index (χ4v) is 3.00. The molecule has 0 radical (unpaired) electrons. The van der Waals surface area contributed by atoms with E-state index in [1.165, 1.54) is 5.56 Å². The van der Waals surface area contributed by atoms with E-state index in [-0.39, 0.29) is 17.9 Å². The number of carbonyl (C=O) groups is 2. The lowest BCUT2D eigenvalue weighted by atomic mass is 9.94. The van der Waals surface area contributed by atoms with E-state index < -0.39 is 5.54 Å². The summed E-state index contributed by atoms with van der Waals surface area (Å²) < 4.78 is 0. The van der Waals surface area contributed by atoms with Gasteiger partial charge >= 0.3 is 0 Å². The Hall–Kier alpha value is -1.84. The first-order valence-corrected chi connectivity index (χ1v) is 7.57. The van der Waals surface area contributed by atoms with Crippen molar-refractivity contribution in [3.63, 3.8) is 0 Å². The molecule has 2 fully saturated rings. The lowest BCUT2D eigenvalue weighted by Crippen LogP contribution is -2.68. The Labute approximate surface area is 125 Å². The number of aryl methyl sites for hydroxylation is 1. The Bertz CT molecular complexity index is 573. The van der Waals surface area contributed by atoms with Crippen LogP contribution in [0.25, 0.3) is 0 Å². The molecule has 4 nitrogen and oxygen atoms in total. The number of nitrogens with zero attached hydrogens (tertiary/aromatic N) is 1. The monoisotopic (exact) mass is 286 g/mol. The lowest BCUT2D eigenvalue weighted by Gasteiger charge is -2.43. The van der Waals surface area contributed by atoms with E-state index in [1.54, 1.807) is 18.7 Å². The van der Waals surface area contributed by atoms with Gasteiger partial charge < -0.3 is 10.2 Å². The molecule has 112 valence electrons. The Morgan fingerprint density at radius 1 is 1.19 bits per heavy atom. The molecule has 1 saturated carbocycles. The fourth-order valence-electron chi connectivity index (χ4n) is 3.00. The standard InChI is InChI=1S/C17H22N2O2/c1-11-4-6-12(7-5-11)10-19-14(13-8-9-13)15(20)18-17(2,3)16(19)21/h4-7,13-14H,8-10H2,1-3H3,(H,18,20). The highest BCUT2D eigenvalue weighted by Crippen LogP contribution is 2.38. The van der Waals surface area contributed by atoms with Crippen molar-refractivity contribution in [3.8, 4) is 0 Å². The van der Waals surface area contributed by atoms with Gasteiger partial charge in [0.25, 0.3) is 0 Å². The van der Waals surface area contributed by atoms with E-state index in [0.29, 0.717) is 12.5 Å². The molecule has 2 aliphatic rings. The third-order valence-corrected chi connectivity index (χ3v) is 4.38. The normalized spacial score (nSPS) is 24.9. The number of piperazine rings is 1. The maximum atomic E-state index is 12.7. The molecule has 1 heterocycles. The van der Waals surface area contributed by atoms with Gasteiger partial charge in [-0.1, -0.05) is 29.8 Å². The first kappa shape index (κ1) is 14.1. The van der Waals surface area contributed by atoms with Gasteiger partial charge in [-0.15, -0.1) is 0 Å². The van der Waals surface area contributed by atoms with Crippen LogP contribution in [0.1, 0.15) is 37.8 Å². The van der Waals surface area contributed by atoms with Gasteiger partial charge in [0, 0.05) is 6.54 Å². The van der Waals surface area contributed by atoms with Crippen molar-refractivity contribution in [2.45, 2.75) is 51.7 Å². The van der Waals surface area contributed by atoms with Gasteiger partial charge in [-0.05, 0) is 45.1 Å². The average Bonchev–Trinajstić information content (AvgIpc) is 3.22. The summed E-state index contributed by atoms with van der Waals surface area (Å²) in [6.45, 7) is 6.10. The van der Waals surface area contributed by atoms with Crippen molar-refractivity contribution < 1.29 is 9.59 Å². The van der Waals surface area contributed by atoms with Gasteiger partial charge in [0.1, 0.15) is 11.6 Å². The highest BCUT2D eigenvalue weighted by Gasteiger charge is 2.50. The molecule has 3 rings (SSSR count). The zero-order valence-corrected chi connectivity index (χ0v) is 12.8. The number of amides is 2. The van der Waals surface area contributed by atoms with Gasteiger partial charge in [-0.3, -0.25) is 9.59 Å². The van der Waals surface area contributed by atoms with Crippen molar-refractivity contribution in [2.24, 2.45) is 5.92 Å². The van der Waals surface area contributed by atoms with Crippen LogP contribution in [0.3, 0.4) is 0 Å². The summed E-state index contributed by atoms with van der Waals surface area (Å²) in [5.41, 5.74) is 1.46. The third kappa shape index (κ3) is 2.67. The van der Waals surface area contributed by atoms with Crippen LogP contribution in [-0.2, 0) is 16.1 Å². The lowest BCUT2D eigenvalue weighted by molar-refractivity contribution is -0.155. The average molecular weight is 286 g/mol. The molecule has 4 heteroatoms. The molecule has 0 spiro atoms. The predicted octanol–water partition coefficient (Wildman–Crippen LogP) is 2.01. The van der Waals surface area contributed by atoms with Crippen molar-refractivity contribution in [1.29, 1.82) is 0 Å². The first-order valence-electron chi connectivity index (χ1n) is 7.57.